The first-order valence-electron chi connectivity index (χ1n) is 5.96. The minimum atomic E-state index is -0.205. The maximum Gasteiger partial charge on any atom is 0.279 e. The van der Waals surface area contributed by atoms with E-state index >= 15 is 0 Å². The highest BCUT2D eigenvalue weighted by molar-refractivity contribution is 9.10. The number of thioether (sulfide) groups is 1. The van der Waals surface area contributed by atoms with Crippen LogP contribution in [0.5, 0.6) is 0 Å². The van der Waals surface area contributed by atoms with Gasteiger partial charge >= 0.3 is 0 Å². The highest BCUT2D eigenvalue weighted by Crippen LogP contribution is 2.13. The molecule has 1 saturated heterocycles. The summed E-state index contributed by atoms with van der Waals surface area (Å²) < 4.78 is 6.25. The SMILES string of the molecule is CSC(=NC(=O)c1ccc(Br)cc1)N1CCOCC1. The van der Waals surface area contributed by atoms with Gasteiger partial charge in [0.25, 0.3) is 5.91 Å². The number of hydrogen-bond donors (Lipinski definition) is 0. The fourth-order valence-electron chi connectivity index (χ4n) is 1.74. The Morgan fingerprint density at radius 3 is 2.53 bits per heavy atom. The number of rotatable bonds is 1. The zero-order valence-corrected chi connectivity index (χ0v) is 13.0. The molecule has 0 bridgehead atoms. The second kappa shape index (κ2) is 7.07. The molecule has 0 radical (unpaired) electrons. The number of amides is 1. The molecule has 1 aromatic rings. The Morgan fingerprint density at radius 2 is 1.95 bits per heavy atom. The molecule has 1 aliphatic heterocycles. The van der Waals surface area contributed by atoms with E-state index < -0.39 is 0 Å². The number of hydrogen-bond acceptors (Lipinski definition) is 3. The lowest BCUT2D eigenvalue weighted by molar-refractivity contribution is 0.0689. The van der Waals surface area contributed by atoms with Crippen molar-refractivity contribution in [3.8, 4) is 0 Å². The first-order valence-corrected chi connectivity index (χ1v) is 7.98. The minimum absolute atomic E-state index is 0.205. The molecular formula is C13H15BrN2O2S. The maximum atomic E-state index is 12.1. The Hall–Kier alpha value is -0.850. The van der Waals surface area contributed by atoms with Gasteiger partial charge in [0, 0.05) is 23.1 Å². The van der Waals surface area contributed by atoms with E-state index in [2.05, 4.69) is 25.8 Å². The smallest absolute Gasteiger partial charge is 0.279 e. The van der Waals surface area contributed by atoms with Crippen LogP contribution in [-0.2, 0) is 4.74 Å². The van der Waals surface area contributed by atoms with Crippen molar-refractivity contribution in [3.63, 3.8) is 0 Å². The quantitative estimate of drug-likeness (QED) is 0.581. The normalized spacial score (nSPS) is 16.5. The molecule has 6 heteroatoms. The number of aliphatic imine (C=N–C) groups is 1. The summed E-state index contributed by atoms with van der Waals surface area (Å²) >= 11 is 4.84. The molecule has 0 saturated carbocycles. The van der Waals surface area contributed by atoms with Gasteiger partial charge in [-0.3, -0.25) is 4.79 Å². The van der Waals surface area contributed by atoms with Gasteiger partial charge in [-0.25, -0.2) is 0 Å². The number of amidine groups is 1. The van der Waals surface area contributed by atoms with Gasteiger partial charge in [0.05, 0.1) is 13.2 Å². The van der Waals surface area contributed by atoms with Gasteiger partial charge in [0.1, 0.15) is 0 Å². The molecule has 19 heavy (non-hydrogen) atoms. The number of morpholine rings is 1. The van der Waals surface area contributed by atoms with Crippen LogP contribution in [0.1, 0.15) is 10.4 Å². The first kappa shape index (κ1) is 14.6. The summed E-state index contributed by atoms with van der Waals surface area (Å²) in [6.45, 7) is 2.94. The Balaban J connectivity index is 2.12. The molecule has 0 aromatic heterocycles. The summed E-state index contributed by atoms with van der Waals surface area (Å²) in [4.78, 5) is 18.4. The molecule has 1 aliphatic rings. The van der Waals surface area contributed by atoms with Crippen LogP contribution < -0.4 is 0 Å². The molecule has 0 N–H and O–H groups in total. The molecule has 0 aliphatic carbocycles. The number of ether oxygens (including phenoxy) is 1. The molecule has 0 unspecified atom stereocenters. The Labute approximate surface area is 125 Å². The molecule has 0 spiro atoms. The molecular weight excluding hydrogens is 328 g/mol. The molecule has 1 heterocycles. The van der Waals surface area contributed by atoms with Crippen LogP contribution in [0.15, 0.2) is 33.7 Å². The average Bonchev–Trinajstić information content (AvgIpc) is 2.46. The lowest BCUT2D eigenvalue weighted by atomic mass is 10.2. The zero-order chi connectivity index (χ0) is 13.7. The third kappa shape index (κ3) is 4.06. The van der Waals surface area contributed by atoms with Crippen molar-refractivity contribution in [2.45, 2.75) is 0 Å². The second-order valence-electron chi connectivity index (χ2n) is 4.01. The summed E-state index contributed by atoms with van der Waals surface area (Å²) in [6.07, 6.45) is 1.93. The van der Waals surface area contributed by atoms with E-state index in [-0.39, 0.29) is 5.91 Å². The molecule has 1 amide bonds. The van der Waals surface area contributed by atoms with E-state index in [0.29, 0.717) is 18.8 Å². The molecule has 0 atom stereocenters. The van der Waals surface area contributed by atoms with Crippen LogP contribution >= 0.6 is 27.7 Å². The van der Waals surface area contributed by atoms with E-state index in [1.807, 2.05) is 18.4 Å². The number of benzene rings is 1. The Morgan fingerprint density at radius 1 is 1.32 bits per heavy atom. The van der Waals surface area contributed by atoms with Crippen LogP contribution in [0.2, 0.25) is 0 Å². The van der Waals surface area contributed by atoms with E-state index in [4.69, 9.17) is 4.74 Å². The number of carbonyl (C=O) groups excluding carboxylic acids is 1. The molecule has 4 nitrogen and oxygen atoms in total. The predicted molar refractivity (Wildman–Crippen MR) is 81.8 cm³/mol. The van der Waals surface area contributed by atoms with Crippen molar-refractivity contribution in [1.82, 2.24) is 4.90 Å². The highest BCUT2D eigenvalue weighted by atomic mass is 79.9. The van der Waals surface area contributed by atoms with Crippen LogP contribution in [-0.4, -0.2) is 48.5 Å². The first-order chi connectivity index (χ1) is 9.20. The third-order valence-corrected chi connectivity index (χ3v) is 4.00. The third-order valence-electron chi connectivity index (χ3n) is 2.75. The number of nitrogens with zero attached hydrogens (tertiary/aromatic N) is 2. The molecule has 1 fully saturated rings. The van der Waals surface area contributed by atoms with Gasteiger partial charge in [-0.15, -0.1) is 0 Å². The van der Waals surface area contributed by atoms with Crippen LogP contribution in [0.3, 0.4) is 0 Å². The topological polar surface area (TPSA) is 41.9 Å². The zero-order valence-electron chi connectivity index (χ0n) is 10.6. The lowest BCUT2D eigenvalue weighted by Gasteiger charge is -2.28. The summed E-state index contributed by atoms with van der Waals surface area (Å²) in [5.74, 6) is -0.205. The number of carbonyl (C=O) groups is 1. The van der Waals surface area contributed by atoms with Crippen molar-refractivity contribution >= 4 is 38.8 Å². The molecule has 2 rings (SSSR count). The van der Waals surface area contributed by atoms with Crippen molar-refractivity contribution in [1.29, 1.82) is 0 Å². The fraction of sp³-hybridized carbons (Fsp3) is 0.385. The van der Waals surface area contributed by atoms with Crippen LogP contribution in [0.25, 0.3) is 0 Å². The summed E-state index contributed by atoms with van der Waals surface area (Å²) in [5.41, 5.74) is 0.600. The minimum Gasteiger partial charge on any atom is -0.378 e. The summed E-state index contributed by atoms with van der Waals surface area (Å²) in [7, 11) is 0. The van der Waals surface area contributed by atoms with E-state index in [1.54, 1.807) is 12.1 Å². The van der Waals surface area contributed by atoms with E-state index in [1.165, 1.54) is 11.8 Å². The van der Waals surface area contributed by atoms with Gasteiger partial charge in [-0.2, -0.15) is 4.99 Å². The van der Waals surface area contributed by atoms with Crippen molar-refractivity contribution < 1.29 is 9.53 Å². The predicted octanol–water partition coefficient (Wildman–Crippen LogP) is 2.64. The van der Waals surface area contributed by atoms with E-state index in [0.717, 1.165) is 22.7 Å². The average molecular weight is 343 g/mol. The Bertz CT molecular complexity index is 470. The highest BCUT2D eigenvalue weighted by Gasteiger charge is 2.16. The lowest BCUT2D eigenvalue weighted by Crippen LogP contribution is -2.39. The van der Waals surface area contributed by atoms with Crippen molar-refractivity contribution in [3.05, 3.63) is 34.3 Å². The van der Waals surface area contributed by atoms with E-state index in [9.17, 15) is 4.79 Å². The number of halogens is 1. The second-order valence-corrected chi connectivity index (χ2v) is 5.70. The van der Waals surface area contributed by atoms with Gasteiger partial charge in [0.15, 0.2) is 5.17 Å². The van der Waals surface area contributed by atoms with Crippen molar-refractivity contribution in [2.75, 3.05) is 32.6 Å². The Kier molecular flexibility index (Phi) is 5.42. The standard InChI is InChI=1S/C13H15BrN2O2S/c1-19-13(16-6-8-18-9-7-16)15-12(17)10-2-4-11(14)5-3-10/h2-5H,6-9H2,1H3. The van der Waals surface area contributed by atoms with Crippen LogP contribution in [0.4, 0.5) is 0 Å². The largest absolute Gasteiger partial charge is 0.378 e. The summed E-state index contributed by atoms with van der Waals surface area (Å²) in [5, 5.41) is 0.760. The van der Waals surface area contributed by atoms with Gasteiger partial charge in [-0.05, 0) is 30.5 Å². The fourth-order valence-corrected chi connectivity index (χ4v) is 2.62. The van der Waals surface area contributed by atoms with Gasteiger partial charge in [-0.1, -0.05) is 27.7 Å². The van der Waals surface area contributed by atoms with Crippen molar-refractivity contribution in [2.24, 2.45) is 4.99 Å². The summed E-state index contributed by atoms with van der Waals surface area (Å²) in [6, 6.07) is 7.23. The van der Waals surface area contributed by atoms with Crippen LogP contribution in [0, 0.1) is 0 Å². The molecule has 1 aromatic carbocycles. The van der Waals surface area contributed by atoms with Gasteiger partial charge < -0.3 is 9.64 Å². The monoisotopic (exact) mass is 342 g/mol. The van der Waals surface area contributed by atoms with Gasteiger partial charge in [0.2, 0.25) is 0 Å². The molecule has 102 valence electrons. The maximum absolute atomic E-state index is 12.1.